The van der Waals surface area contributed by atoms with E-state index in [2.05, 4.69) is 5.32 Å². The minimum atomic E-state index is -0.649. The number of imide groups is 1. The second-order valence-electron chi connectivity index (χ2n) is 4.18. The molecule has 1 atom stereocenters. The molecular formula is C13H12FN3O2. The summed E-state index contributed by atoms with van der Waals surface area (Å²) in [7, 11) is 0. The Morgan fingerprint density at radius 2 is 2.26 bits per heavy atom. The van der Waals surface area contributed by atoms with Gasteiger partial charge in [0.2, 0.25) is 5.91 Å². The number of nitrogens with one attached hydrogen (secondary N) is 1. The van der Waals surface area contributed by atoms with E-state index in [-0.39, 0.29) is 23.8 Å². The molecular weight excluding hydrogens is 249 g/mol. The number of hydrogen-bond donors (Lipinski definition) is 1. The lowest BCUT2D eigenvalue weighted by Gasteiger charge is -2.14. The number of nitrogens with zero attached hydrogens (tertiary/aromatic N) is 2. The number of carbonyl (C=O) groups is 2. The number of anilines is 1. The molecule has 0 bridgehead atoms. The molecule has 5 nitrogen and oxygen atoms in total. The van der Waals surface area contributed by atoms with Crippen LogP contribution in [0.4, 0.5) is 10.1 Å². The van der Waals surface area contributed by atoms with Crippen molar-refractivity contribution in [2.24, 2.45) is 0 Å². The van der Waals surface area contributed by atoms with Crippen molar-refractivity contribution in [2.75, 3.05) is 11.9 Å². The highest BCUT2D eigenvalue weighted by Gasteiger charge is 2.37. The first-order valence-corrected chi connectivity index (χ1v) is 5.87. The van der Waals surface area contributed by atoms with Crippen molar-refractivity contribution >= 4 is 17.5 Å². The summed E-state index contributed by atoms with van der Waals surface area (Å²) in [6, 6.07) is 4.98. The quantitative estimate of drug-likeness (QED) is 0.831. The maximum Gasteiger partial charge on any atom is 0.252 e. The van der Waals surface area contributed by atoms with Gasteiger partial charge in [0.1, 0.15) is 17.9 Å². The largest absolute Gasteiger partial charge is 0.373 e. The van der Waals surface area contributed by atoms with Gasteiger partial charge in [-0.3, -0.25) is 14.5 Å². The lowest BCUT2D eigenvalue weighted by molar-refractivity contribution is -0.138. The van der Waals surface area contributed by atoms with Gasteiger partial charge in [0, 0.05) is 12.2 Å². The SMILES string of the molecule is CCN1C(=O)CC(Nc2ccc(F)c(C#N)c2)C1=O. The van der Waals surface area contributed by atoms with E-state index < -0.39 is 11.9 Å². The van der Waals surface area contributed by atoms with Gasteiger partial charge in [-0.1, -0.05) is 0 Å². The number of rotatable bonds is 3. The van der Waals surface area contributed by atoms with E-state index >= 15 is 0 Å². The highest BCUT2D eigenvalue weighted by atomic mass is 19.1. The van der Waals surface area contributed by atoms with Gasteiger partial charge in [-0.15, -0.1) is 0 Å². The number of likely N-dealkylation sites (tertiary alicyclic amines) is 1. The fourth-order valence-electron chi connectivity index (χ4n) is 2.03. The molecule has 98 valence electrons. The van der Waals surface area contributed by atoms with Gasteiger partial charge in [0.15, 0.2) is 0 Å². The topological polar surface area (TPSA) is 73.2 Å². The Hall–Kier alpha value is -2.42. The van der Waals surface area contributed by atoms with Gasteiger partial charge in [0.05, 0.1) is 12.0 Å². The second-order valence-corrected chi connectivity index (χ2v) is 4.18. The van der Waals surface area contributed by atoms with Crippen molar-refractivity contribution < 1.29 is 14.0 Å². The smallest absolute Gasteiger partial charge is 0.252 e. The number of nitriles is 1. The fraction of sp³-hybridized carbons (Fsp3) is 0.308. The number of benzene rings is 1. The van der Waals surface area contributed by atoms with E-state index in [4.69, 9.17) is 5.26 Å². The van der Waals surface area contributed by atoms with Crippen molar-refractivity contribution in [1.29, 1.82) is 5.26 Å². The molecule has 2 amide bonds. The zero-order valence-corrected chi connectivity index (χ0v) is 10.3. The molecule has 19 heavy (non-hydrogen) atoms. The number of carbonyl (C=O) groups excluding carboxylic acids is 2. The molecule has 1 unspecified atom stereocenters. The molecule has 2 rings (SSSR count). The molecule has 1 aliphatic rings. The van der Waals surface area contributed by atoms with E-state index in [1.54, 1.807) is 13.0 Å². The van der Waals surface area contributed by atoms with Crippen LogP contribution < -0.4 is 5.32 Å². The fourth-order valence-corrected chi connectivity index (χ4v) is 2.03. The molecule has 1 aliphatic heterocycles. The highest BCUT2D eigenvalue weighted by molar-refractivity contribution is 6.06. The van der Waals surface area contributed by atoms with E-state index in [1.807, 2.05) is 0 Å². The molecule has 0 spiro atoms. The second kappa shape index (κ2) is 5.06. The molecule has 1 saturated heterocycles. The molecule has 0 aliphatic carbocycles. The van der Waals surface area contributed by atoms with Crippen LogP contribution in [-0.4, -0.2) is 29.3 Å². The van der Waals surface area contributed by atoms with E-state index in [0.717, 1.165) is 6.07 Å². The number of halogens is 1. The van der Waals surface area contributed by atoms with Crippen LogP contribution in [0.1, 0.15) is 18.9 Å². The van der Waals surface area contributed by atoms with Gasteiger partial charge in [-0.05, 0) is 25.1 Å². The van der Waals surface area contributed by atoms with Crippen LogP contribution in [0.15, 0.2) is 18.2 Å². The molecule has 1 N–H and O–H groups in total. The molecule has 1 heterocycles. The summed E-state index contributed by atoms with van der Waals surface area (Å²) in [4.78, 5) is 24.6. The van der Waals surface area contributed by atoms with Crippen molar-refractivity contribution in [3.8, 4) is 6.07 Å². The van der Waals surface area contributed by atoms with Crippen molar-refractivity contribution in [3.63, 3.8) is 0 Å². The Morgan fingerprint density at radius 3 is 2.84 bits per heavy atom. The summed E-state index contributed by atoms with van der Waals surface area (Å²) >= 11 is 0. The average Bonchev–Trinajstić information content (AvgIpc) is 2.66. The molecule has 0 aromatic heterocycles. The summed E-state index contributed by atoms with van der Waals surface area (Å²) in [5.74, 6) is -1.14. The van der Waals surface area contributed by atoms with E-state index in [1.165, 1.54) is 17.0 Å². The van der Waals surface area contributed by atoms with Crippen LogP contribution >= 0.6 is 0 Å². The lowest BCUT2D eigenvalue weighted by Crippen LogP contribution is -2.34. The molecule has 1 fully saturated rings. The van der Waals surface area contributed by atoms with Crippen LogP contribution in [0, 0.1) is 17.1 Å². The standard InChI is InChI=1S/C13H12FN3O2/c1-2-17-12(18)6-11(13(17)19)16-9-3-4-10(14)8(5-9)7-15/h3-5,11,16H,2,6H2,1H3. The maximum absolute atomic E-state index is 13.2. The number of amides is 2. The van der Waals surface area contributed by atoms with Crippen LogP contribution in [-0.2, 0) is 9.59 Å². The molecule has 1 aromatic rings. The van der Waals surface area contributed by atoms with Gasteiger partial charge < -0.3 is 5.32 Å². The summed E-state index contributed by atoms with van der Waals surface area (Å²) in [6.07, 6.45) is 0.0753. The first-order valence-electron chi connectivity index (χ1n) is 5.87. The Bertz CT molecular complexity index is 580. The summed E-state index contributed by atoms with van der Waals surface area (Å²) in [5.41, 5.74) is 0.344. The zero-order chi connectivity index (χ0) is 14.0. The molecule has 0 radical (unpaired) electrons. The van der Waals surface area contributed by atoms with Gasteiger partial charge in [-0.25, -0.2) is 4.39 Å². The first-order chi connectivity index (χ1) is 9.06. The Morgan fingerprint density at radius 1 is 1.53 bits per heavy atom. The number of hydrogen-bond acceptors (Lipinski definition) is 4. The molecule has 6 heteroatoms. The minimum Gasteiger partial charge on any atom is -0.373 e. The van der Waals surface area contributed by atoms with Crippen LogP contribution in [0.25, 0.3) is 0 Å². The lowest BCUT2D eigenvalue weighted by atomic mass is 10.1. The van der Waals surface area contributed by atoms with Crippen LogP contribution in [0.3, 0.4) is 0 Å². The van der Waals surface area contributed by atoms with E-state index in [9.17, 15) is 14.0 Å². The zero-order valence-electron chi connectivity index (χ0n) is 10.3. The third-order valence-corrected chi connectivity index (χ3v) is 2.99. The predicted octanol–water partition coefficient (Wildman–Crippen LogP) is 1.26. The third-order valence-electron chi connectivity index (χ3n) is 2.99. The summed E-state index contributed by atoms with van der Waals surface area (Å²) in [6.45, 7) is 2.06. The van der Waals surface area contributed by atoms with Crippen molar-refractivity contribution in [2.45, 2.75) is 19.4 Å². The van der Waals surface area contributed by atoms with Crippen LogP contribution in [0.2, 0.25) is 0 Å². The molecule has 1 aromatic carbocycles. The number of likely N-dealkylation sites (N-methyl/N-ethyl adjacent to an activating group) is 1. The monoisotopic (exact) mass is 261 g/mol. The van der Waals surface area contributed by atoms with Gasteiger partial charge in [-0.2, -0.15) is 5.26 Å². The van der Waals surface area contributed by atoms with Gasteiger partial charge in [0.25, 0.3) is 5.91 Å². The Balaban J connectivity index is 2.17. The normalized spacial score (nSPS) is 18.6. The maximum atomic E-state index is 13.2. The predicted molar refractivity (Wildman–Crippen MR) is 65.5 cm³/mol. The summed E-state index contributed by atoms with van der Waals surface area (Å²) in [5, 5.41) is 11.6. The van der Waals surface area contributed by atoms with Crippen molar-refractivity contribution in [3.05, 3.63) is 29.6 Å². The average molecular weight is 261 g/mol. The third kappa shape index (κ3) is 2.40. The van der Waals surface area contributed by atoms with Crippen LogP contribution in [0.5, 0.6) is 0 Å². The Kier molecular flexibility index (Phi) is 3.47. The minimum absolute atomic E-state index is 0.0753. The highest BCUT2D eigenvalue weighted by Crippen LogP contribution is 2.20. The Labute approximate surface area is 109 Å². The summed E-state index contributed by atoms with van der Waals surface area (Å²) < 4.78 is 13.2. The first kappa shape index (κ1) is 13.0. The van der Waals surface area contributed by atoms with E-state index in [0.29, 0.717) is 12.2 Å². The van der Waals surface area contributed by atoms with Gasteiger partial charge >= 0.3 is 0 Å². The molecule has 0 saturated carbocycles. The van der Waals surface area contributed by atoms with Crippen molar-refractivity contribution in [1.82, 2.24) is 4.90 Å².